The third kappa shape index (κ3) is 15.8. The lowest BCUT2D eigenvalue weighted by Gasteiger charge is -2.24. The van der Waals surface area contributed by atoms with E-state index in [1.165, 1.54) is 0 Å². The van der Waals surface area contributed by atoms with Crippen LogP contribution in [0.15, 0.2) is 46.9 Å². The molecule has 0 aliphatic carbocycles. The number of nitrogens with one attached hydrogen (secondary N) is 1. The summed E-state index contributed by atoms with van der Waals surface area (Å²) >= 11 is 0. The van der Waals surface area contributed by atoms with Gasteiger partial charge >= 0.3 is 0 Å². The van der Waals surface area contributed by atoms with Gasteiger partial charge in [-0.15, -0.1) is 0 Å². The number of nitrogens with zero attached hydrogens (tertiary/aromatic N) is 1. The number of allylic oxidation sites excluding steroid dienone is 2. The Kier molecular flexibility index (Phi) is 17.3. The number of rotatable bonds is 12. The Labute approximate surface area is 246 Å². The maximum Gasteiger partial charge on any atom is 0.255 e. The van der Waals surface area contributed by atoms with Crippen molar-refractivity contribution < 1.29 is 32.0 Å². The number of benzene rings is 1. The van der Waals surface area contributed by atoms with E-state index in [4.69, 9.17) is 30.9 Å². The Morgan fingerprint density at radius 3 is 2.59 bits per heavy atom. The van der Waals surface area contributed by atoms with E-state index in [1.54, 1.807) is 52.3 Å². The first-order valence-corrected chi connectivity index (χ1v) is 13.9. The van der Waals surface area contributed by atoms with E-state index >= 15 is 0 Å². The van der Waals surface area contributed by atoms with Gasteiger partial charge in [0.25, 0.3) is 5.56 Å². The van der Waals surface area contributed by atoms with Crippen molar-refractivity contribution in [2.24, 2.45) is 11.5 Å². The maximum atomic E-state index is 11.6. The summed E-state index contributed by atoms with van der Waals surface area (Å²) in [6, 6.07) is 7.50. The summed E-state index contributed by atoms with van der Waals surface area (Å²) in [5.74, 6) is 0.895. The molecule has 0 spiro atoms. The average molecular weight is 583 g/mol. The fraction of sp³-hybridized carbons (Fsp3) is 0.600. The van der Waals surface area contributed by atoms with Crippen LogP contribution in [0.5, 0.6) is 5.75 Å². The minimum atomic E-state index is -0.403. The van der Waals surface area contributed by atoms with Crippen LogP contribution in [0.1, 0.15) is 63.2 Å². The minimum absolute atomic E-state index is 0. The van der Waals surface area contributed by atoms with Gasteiger partial charge in [-0.3, -0.25) is 19.7 Å². The van der Waals surface area contributed by atoms with Gasteiger partial charge in [0, 0.05) is 39.5 Å². The lowest BCUT2D eigenvalue weighted by molar-refractivity contribution is -0.306. The normalized spacial score (nSPS) is 15.8. The van der Waals surface area contributed by atoms with E-state index in [9.17, 15) is 9.59 Å². The smallest absolute Gasteiger partial charge is 0.255 e. The van der Waals surface area contributed by atoms with Gasteiger partial charge in [-0.2, -0.15) is 0 Å². The largest absolute Gasteiger partial charge is 0.497 e. The highest BCUT2D eigenvalue weighted by Gasteiger charge is 2.24. The highest BCUT2D eigenvalue weighted by atomic mass is 17.1. The van der Waals surface area contributed by atoms with E-state index < -0.39 is 5.60 Å². The number of aromatic nitrogens is 1. The second-order valence-corrected chi connectivity index (χ2v) is 11.1. The number of hydrogen-bond acceptors (Lipinski definition) is 10. The molecule has 11 nitrogen and oxygen atoms in total. The van der Waals surface area contributed by atoms with Crippen LogP contribution < -0.4 is 21.8 Å². The molecule has 0 radical (unpaired) electrons. The number of carbonyl (C=O) groups is 1. The summed E-state index contributed by atoms with van der Waals surface area (Å²) in [4.78, 5) is 31.7. The molecule has 0 unspecified atom stereocenters. The van der Waals surface area contributed by atoms with E-state index in [-0.39, 0.29) is 27.0 Å². The number of carbonyl (C=O) groups excluding carboxylic acids is 1. The number of ether oxygens (including phenoxy) is 3. The van der Waals surface area contributed by atoms with Crippen molar-refractivity contribution in [3.8, 4) is 5.75 Å². The van der Waals surface area contributed by atoms with Crippen LogP contribution >= 0.6 is 0 Å². The molecule has 2 aromatic rings. The molecule has 6 N–H and O–H groups in total. The second kappa shape index (κ2) is 19.5. The van der Waals surface area contributed by atoms with Crippen LogP contribution in [0.25, 0.3) is 10.8 Å². The van der Waals surface area contributed by atoms with E-state index in [2.05, 4.69) is 14.8 Å². The van der Waals surface area contributed by atoms with Crippen molar-refractivity contribution in [3.63, 3.8) is 0 Å². The zero-order chi connectivity index (χ0) is 30.8. The SMILES string of the molecule is CC(C)(C)OO.CC(C)=CC(=O)CC[C@H](N)COCN1CCC[C@H]1COCN.COc1ccc2c(=O)[nH]ccc2c1.[HH].[HH]. The van der Waals surface area contributed by atoms with Gasteiger partial charge < -0.3 is 30.7 Å². The van der Waals surface area contributed by atoms with Crippen molar-refractivity contribution in [2.75, 3.05) is 40.3 Å². The zero-order valence-electron chi connectivity index (χ0n) is 25.5. The van der Waals surface area contributed by atoms with E-state index in [1.807, 2.05) is 26.0 Å². The third-order valence-electron chi connectivity index (χ3n) is 5.98. The van der Waals surface area contributed by atoms with Crippen molar-refractivity contribution in [3.05, 3.63) is 52.5 Å². The van der Waals surface area contributed by atoms with Crippen LogP contribution in [-0.2, 0) is 19.2 Å². The van der Waals surface area contributed by atoms with Crippen molar-refractivity contribution in [1.82, 2.24) is 9.88 Å². The van der Waals surface area contributed by atoms with Gasteiger partial charge in [0.15, 0.2) is 5.78 Å². The Morgan fingerprint density at radius 1 is 1.27 bits per heavy atom. The summed E-state index contributed by atoms with van der Waals surface area (Å²) in [7, 11) is 1.61. The quantitative estimate of drug-likeness (QED) is 0.123. The summed E-state index contributed by atoms with van der Waals surface area (Å²) in [6.45, 7) is 12.1. The summed E-state index contributed by atoms with van der Waals surface area (Å²) in [5.41, 5.74) is 11.9. The van der Waals surface area contributed by atoms with Crippen molar-refractivity contribution >= 4 is 16.6 Å². The molecule has 1 aromatic carbocycles. The number of aromatic amines is 1. The van der Waals surface area contributed by atoms with Gasteiger partial charge in [-0.05, 0) is 89.6 Å². The third-order valence-corrected chi connectivity index (χ3v) is 5.98. The van der Waals surface area contributed by atoms with Gasteiger partial charge in [0.05, 0.1) is 39.4 Å². The van der Waals surface area contributed by atoms with Gasteiger partial charge in [0.1, 0.15) is 5.75 Å². The minimum Gasteiger partial charge on any atom is -0.497 e. The lowest BCUT2D eigenvalue weighted by Crippen LogP contribution is -2.37. The molecule has 1 saturated heterocycles. The summed E-state index contributed by atoms with van der Waals surface area (Å²) in [6.07, 6.45) is 6.70. The summed E-state index contributed by atoms with van der Waals surface area (Å²) < 4.78 is 16.0. The first-order chi connectivity index (χ1) is 19.4. The number of H-pyrrole nitrogens is 1. The van der Waals surface area contributed by atoms with Crippen LogP contribution in [0.3, 0.4) is 0 Å². The predicted molar refractivity (Wildman–Crippen MR) is 166 cm³/mol. The van der Waals surface area contributed by atoms with Crippen LogP contribution in [0.4, 0.5) is 0 Å². The van der Waals surface area contributed by atoms with E-state index in [0.29, 0.717) is 44.2 Å². The lowest BCUT2D eigenvalue weighted by atomic mass is 10.1. The number of fused-ring (bicyclic) bond motifs is 1. The molecule has 0 saturated carbocycles. The van der Waals surface area contributed by atoms with Gasteiger partial charge in [-0.1, -0.05) is 5.57 Å². The molecular weight excluding hydrogens is 528 g/mol. The standard InChI is InChI=1S/C16H31N3O3.C10H9NO2.C4H10O2.2H2/c1-13(2)8-16(20)6-5-14(18)9-22-12-19-7-3-4-15(19)10-21-11-17;1-13-8-2-3-9-7(6-8)4-5-11-10(9)12;1-4(2,3)6-5;;/h8,14-15H,3-7,9-12,17-18H2,1-2H3;2-6H,1H3,(H,11,12);5H,1-3H3;2*1H/t14-,15-;;;;/m0..../s1. The Bertz CT molecular complexity index is 1120. The predicted octanol–water partition coefficient (Wildman–Crippen LogP) is 4.30. The molecule has 1 aromatic heterocycles. The molecule has 3 rings (SSSR count). The number of pyridine rings is 1. The monoisotopic (exact) mass is 582 g/mol. The second-order valence-electron chi connectivity index (χ2n) is 11.1. The fourth-order valence-corrected chi connectivity index (χ4v) is 3.88. The highest BCUT2D eigenvalue weighted by Crippen LogP contribution is 2.18. The van der Waals surface area contributed by atoms with Crippen molar-refractivity contribution in [1.29, 1.82) is 0 Å². The maximum absolute atomic E-state index is 11.6. The van der Waals surface area contributed by atoms with Crippen molar-refractivity contribution in [2.45, 2.75) is 78.0 Å². The fourth-order valence-electron chi connectivity index (χ4n) is 3.88. The molecule has 2 atom stereocenters. The number of hydrogen-bond donors (Lipinski definition) is 4. The molecule has 2 heterocycles. The van der Waals surface area contributed by atoms with Gasteiger partial charge in [0.2, 0.25) is 0 Å². The number of ketones is 1. The molecular formula is C30H54N4O7. The molecule has 236 valence electrons. The highest BCUT2D eigenvalue weighted by molar-refractivity contribution is 5.90. The Morgan fingerprint density at radius 2 is 1.98 bits per heavy atom. The zero-order valence-corrected chi connectivity index (χ0v) is 25.5. The van der Waals surface area contributed by atoms with E-state index in [0.717, 1.165) is 36.1 Å². The molecule has 0 amide bonds. The average Bonchev–Trinajstić information content (AvgIpc) is 3.37. The van der Waals surface area contributed by atoms with Gasteiger partial charge in [-0.25, -0.2) is 4.89 Å². The topological polar surface area (TPSA) is 162 Å². The Balaban J connectivity index is 0. The van der Waals surface area contributed by atoms with Crippen LogP contribution in [-0.4, -0.2) is 78.9 Å². The Hall–Kier alpha value is -2.64. The molecule has 0 bridgehead atoms. The molecule has 11 heteroatoms. The summed E-state index contributed by atoms with van der Waals surface area (Å²) in [5, 5.41) is 9.48. The molecule has 1 aliphatic heterocycles. The number of nitrogens with two attached hydrogens (primary N) is 2. The van der Waals surface area contributed by atoms with Crippen LogP contribution in [0.2, 0.25) is 0 Å². The molecule has 1 aliphatic rings. The number of methoxy groups -OCH3 is 1. The molecule has 1 fully saturated rings. The number of likely N-dealkylation sites (tertiary alicyclic amines) is 1. The molecule has 41 heavy (non-hydrogen) atoms. The first kappa shape index (κ1) is 36.4. The first-order valence-electron chi connectivity index (χ1n) is 13.9. The van der Waals surface area contributed by atoms with Crippen LogP contribution in [0, 0.1) is 0 Å².